The van der Waals surface area contributed by atoms with Gasteiger partial charge in [-0.15, -0.1) is 0 Å². The molecule has 2 nitrogen and oxygen atoms in total. The average Bonchev–Trinajstić information content (AvgIpc) is 2.63. The first-order chi connectivity index (χ1) is 7.01. The molecule has 1 heterocycles. The molecule has 1 aliphatic heterocycles. The third kappa shape index (κ3) is 1.69. The van der Waals surface area contributed by atoms with Crippen molar-refractivity contribution in [3.63, 3.8) is 0 Å². The molecular formula is C13H19NO. The standard InChI is InChI=1S/C13H19NO/c1-9(2)13(3,4)10-5-6-11-12(7-10)15-8-14-11/h5-7,9,14H,8H2,1-4H3. The van der Waals surface area contributed by atoms with Crippen molar-refractivity contribution < 1.29 is 4.74 Å². The van der Waals surface area contributed by atoms with Gasteiger partial charge in [-0.25, -0.2) is 0 Å². The summed E-state index contributed by atoms with van der Waals surface area (Å²) in [7, 11) is 0. The van der Waals surface area contributed by atoms with Crippen molar-refractivity contribution in [2.24, 2.45) is 5.92 Å². The molecule has 1 aromatic rings. The first-order valence-electron chi connectivity index (χ1n) is 5.53. The molecular weight excluding hydrogens is 186 g/mol. The molecule has 1 aromatic carbocycles. The van der Waals surface area contributed by atoms with Gasteiger partial charge in [-0.3, -0.25) is 0 Å². The highest BCUT2D eigenvalue weighted by molar-refractivity contribution is 5.60. The summed E-state index contributed by atoms with van der Waals surface area (Å²) >= 11 is 0. The monoisotopic (exact) mass is 205 g/mol. The molecule has 82 valence electrons. The second-order valence-corrected chi connectivity index (χ2v) is 5.05. The molecule has 0 spiro atoms. The van der Waals surface area contributed by atoms with Crippen LogP contribution < -0.4 is 10.1 Å². The SMILES string of the molecule is CC(C)C(C)(C)c1ccc2c(c1)OCN2. The number of nitrogens with one attached hydrogen (secondary N) is 1. The Bertz CT molecular complexity index is 369. The van der Waals surface area contributed by atoms with E-state index in [4.69, 9.17) is 4.74 Å². The Morgan fingerprint density at radius 2 is 2.07 bits per heavy atom. The van der Waals surface area contributed by atoms with Gasteiger partial charge in [0.1, 0.15) is 5.75 Å². The topological polar surface area (TPSA) is 21.3 Å². The van der Waals surface area contributed by atoms with Crippen LogP contribution in [0.3, 0.4) is 0 Å². The fourth-order valence-corrected chi connectivity index (χ4v) is 1.71. The van der Waals surface area contributed by atoms with Gasteiger partial charge in [-0.05, 0) is 29.0 Å². The van der Waals surface area contributed by atoms with Gasteiger partial charge in [0.15, 0.2) is 6.73 Å². The zero-order valence-electron chi connectivity index (χ0n) is 9.92. The number of hydrogen-bond acceptors (Lipinski definition) is 2. The fraction of sp³-hybridized carbons (Fsp3) is 0.538. The number of hydrogen-bond donors (Lipinski definition) is 1. The van der Waals surface area contributed by atoms with E-state index in [1.54, 1.807) is 0 Å². The van der Waals surface area contributed by atoms with Gasteiger partial charge < -0.3 is 10.1 Å². The Hall–Kier alpha value is -1.18. The highest BCUT2D eigenvalue weighted by Crippen LogP contribution is 2.37. The molecule has 0 fully saturated rings. The van der Waals surface area contributed by atoms with Gasteiger partial charge in [-0.1, -0.05) is 33.8 Å². The summed E-state index contributed by atoms with van der Waals surface area (Å²) in [6, 6.07) is 6.47. The third-order valence-corrected chi connectivity index (χ3v) is 3.66. The summed E-state index contributed by atoms with van der Waals surface area (Å²) in [5.74, 6) is 1.60. The molecule has 0 aliphatic carbocycles. The molecule has 15 heavy (non-hydrogen) atoms. The number of anilines is 1. The summed E-state index contributed by atoms with van der Waals surface area (Å²) in [4.78, 5) is 0. The van der Waals surface area contributed by atoms with Crippen molar-refractivity contribution >= 4 is 5.69 Å². The van der Waals surface area contributed by atoms with Gasteiger partial charge >= 0.3 is 0 Å². The number of ether oxygens (including phenoxy) is 1. The molecule has 0 amide bonds. The number of rotatable bonds is 2. The molecule has 0 saturated carbocycles. The maximum absolute atomic E-state index is 5.50. The third-order valence-electron chi connectivity index (χ3n) is 3.66. The van der Waals surface area contributed by atoms with E-state index in [0.29, 0.717) is 12.6 Å². The van der Waals surface area contributed by atoms with E-state index < -0.39 is 0 Å². The number of fused-ring (bicyclic) bond motifs is 1. The Morgan fingerprint density at radius 1 is 1.33 bits per heavy atom. The minimum atomic E-state index is 0.195. The summed E-state index contributed by atoms with van der Waals surface area (Å²) in [6.45, 7) is 9.67. The normalized spacial score (nSPS) is 14.7. The van der Waals surface area contributed by atoms with Crippen LogP contribution in [-0.2, 0) is 5.41 Å². The van der Waals surface area contributed by atoms with E-state index in [1.807, 2.05) is 0 Å². The molecule has 0 atom stereocenters. The van der Waals surface area contributed by atoms with Crippen molar-refractivity contribution in [3.05, 3.63) is 23.8 Å². The van der Waals surface area contributed by atoms with E-state index in [-0.39, 0.29) is 5.41 Å². The summed E-state index contributed by atoms with van der Waals surface area (Å²) in [5.41, 5.74) is 2.65. The molecule has 0 radical (unpaired) electrons. The zero-order valence-corrected chi connectivity index (χ0v) is 9.92. The van der Waals surface area contributed by atoms with Gasteiger partial charge in [0.25, 0.3) is 0 Å². The largest absolute Gasteiger partial charge is 0.471 e. The minimum Gasteiger partial charge on any atom is -0.471 e. The van der Waals surface area contributed by atoms with Crippen LogP contribution in [0.15, 0.2) is 18.2 Å². The Morgan fingerprint density at radius 3 is 2.73 bits per heavy atom. The minimum absolute atomic E-state index is 0.195. The van der Waals surface area contributed by atoms with Crippen LogP contribution in [-0.4, -0.2) is 6.73 Å². The van der Waals surface area contributed by atoms with E-state index in [9.17, 15) is 0 Å². The van der Waals surface area contributed by atoms with Crippen LogP contribution in [0.5, 0.6) is 5.75 Å². The van der Waals surface area contributed by atoms with Crippen LogP contribution in [0.1, 0.15) is 33.3 Å². The molecule has 0 saturated heterocycles. The molecule has 2 rings (SSSR count). The lowest BCUT2D eigenvalue weighted by molar-refractivity contribution is 0.359. The predicted octanol–water partition coefficient (Wildman–Crippen LogP) is 3.38. The van der Waals surface area contributed by atoms with Crippen molar-refractivity contribution in [3.8, 4) is 5.75 Å². The first-order valence-corrected chi connectivity index (χ1v) is 5.53. The van der Waals surface area contributed by atoms with Crippen molar-refractivity contribution in [1.82, 2.24) is 0 Å². The number of benzene rings is 1. The smallest absolute Gasteiger partial charge is 0.159 e. The van der Waals surface area contributed by atoms with Crippen molar-refractivity contribution in [2.45, 2.75) is 33.1 Å². The molecule has 1 N–H and O–H groups in total. The maximum atomic E-state index is 5.50. The molecule has 0 aromatic heterocycles. The van der Waals surface area contributed by atoms with Crippen LogP contribution in [0.4, 0.5) is 5.69 Å². The van der Waals surface area contributed by atoms with Crippen molar-refractivity contribution in [2.75, 3.05) is 12.0 Å². The van der Waals surface area contributed by atoms with Gasteiger partial charge in [0.05, 0.1) is 5.69 Å². The molecule has 0 unspecified atom stereocenters. The van der Waals surface area contributed by atoms with E-state index in [2.05, 4.69) is 51.2 Å². The van der Waals surface area contributed by atoms with Crippen LogP contribution in [0.25, 0.3) is 0 Å². The summed E-state index contributed by atoms with van der Waals surface area (Å²) < 4.78 is 5.50. The summed E-state index contributed by atoms with van der Waals surface area (Å²) in [6.07, 6.45) is 0. The van der Waals surface area contributed by atoms with Gasteiger partial charge in [-0.2, -0.15) is 0 Å². The van der Waals surface area contributed by atoms with E-state index in [0.717, 1.165) is 11.4 Å². The first kappa shape index (κ1) is 10.3. The highest BCUT2D eigenvalue weighted by atomic mass is 16.5. The van der Waals surface area contributed by atoms with Gasteiger partial charge in [0.2, 0.25) is 0 Å². The second kappa shape index (κ2) is 3.44. The van der Waals surface area contributed by atoms with E-state index >= 15 is 0 Å². The quantitative estimate of drug-likeness (QED) is 0.799. The Kier molecular flexibility index (Phi) is 2.37. The zero-order chi connectivity index (χ0) is 11.1. The predicted molar refractivity (Wildman–Crippen MR) is 63.4 cm³/mol. The lowest BCUT2D eigenvalue weighted by atomic mass is 9.75. The Balaban J connectivity index is 2.38. The van der Waals surface area contributed by atoms with Gasteiger partial charge in [0, 0.05) is 0 Å². The van der Waals surface area contributed by atoms with Crippen molar-refractivity contribution in [1.29, 1.82) is 0 Å². The highest BCUT2D eigenvalue weighted by Gasteiger charge is 2.26. The molecule has 1 aliphatic rings. The average molecular weight is 205 g/mol. The van der Waals surface area contributed by atoms with Crippen LogP contribution in [0, 0.1) is 5.92 Å². The van der Waals surface area contributed by atoms with E-state index in [1.165, 1.54) is 5.56 Å². The molecule has 2 heteroatoms. The fourth-order valence-electron chi connectivity index (χ4n) is 1.71. The lowest BCUT2D eigenvalue weighted by Crippen LogP contribution is -2.24. The van der Waals surface area contributed by atoms with Crippen LogP contribution >= 0.6 is 0 Å². The van der Waals surface area contributed by atoms with Crippen LogP contribution in [0.2, 0.25) is 0 Å². The molecule has 0 bridgehead atoms. The lowest BCUT2D eigenvalue weighted by Gasteiger charge is -2.30. The summed E-state index contributed by atoms with van der Waals surface area (Å²) in [5, 5.41) is 3.19. The second-order valence-electron chi connectivity index (χ2n) is 5.05. The Labute approximate surface area is 91.6 Å². The maximum Gasteiger partial charge on any atom is 0.159 e.